The Balaban J connectivity index is 2.34. The van der Waals surface area contributed by atoms with Gasteiger partial charge in [-0.3, -0.25) is 4.79 Å². The van der Waals surface area contributed by atoms with E-state index in [1.165, 1.54) is 30.2 Å². The number of aromatic nitrogens is 4. The lowest BCUT2D eigenvalue weighted by molar-refractivity contribution is 0.0955. The molecule has 2 heterocycles. The molecule has 0 aliphatic carbocycles. The summed E-state index contributed by atoms with van der Waals surface area (Å²) >= 11 is 0. The van der Waals surface area contributed by atoms with Crippen LogP contribution < -0.4 is 10.0 Å². The molecule has 2 aromatic rings. The van der Waals surface area contributed by atoms with Crippen molar-refractivity contribution in [3.05, 3.63) is 24.3 Å². The maximum Gasteiger partial charge on any atom is 0.267 e. The quantitative estimate of drug-likeness (QED) is 0.685. The fraction of sp³-hybridized carbons (Fsp3) is 0.222. The molecule has 2 rings (SSSR count). The molecule has 0 saturated heterocycles. The van der Waals surface area contributed by atoms with Crippen LogP contribution in [0.3, 0.4) is 0 Å². The van der Waals surface area contributed by atoms with E-state index in [0.717, 1.165) is 0 Å². The summed E-state index contributed by atoms with van der Waals surface area (Å²) in [7, 11) is -0.761. The molecular weight excluding hydrogens is 272 g/mol. The third kappa shape index (κ3) is 2.57. The predicted octanol–water partition coefficient (Wildman–Crippen LogP) is -0.696. The number of H-pyrrole nitrogens is 1. The summed E-state index contributed by atoms with van der Waals surface area (Å²) in [6.45, 7) is 0. The van der Waals surface area contributed by atoms with Crippen LogP contribution in [0.2, 0.25) is 0 Å². The molecule has 0 unspecified atom stereocenters. The van der Waals surface area contributed by atoms with Crippen molar-refractivity contribution in [1.82, 2.24) is 25.1 Å². The number of rotatable bonds is 4. The van der Waals surface area contributed by atoms with E-state index in [2.05, 4.69) is 25.2 Å². The zero-order valence-electron chi connectivity index (χ0n) is 10.2. The van der Waals surface area contributed by atoms with Gasteiger partial charge in [0.25, 0.3) is 15.9 Å². The smallest absolute Gasteiger partial charge is 0.267 e. The molecular formula is C9H12N6O3S. The fourth-order valence-electron chi connectivity index (χ4n) is 1.48. The highest BCUT2D eigenvalue weighted by Crippen LogP contribution is 2.15. The van der Waals surface area contributed by atoms with Gasteiger partial charge in [-0.25, -0.2) is 18.2 Å². The zero-order chi connectivity index (χ0) is 14.0. The topological polar surface area (TPSA) is 122 Å². The standard InChI is InChI=1S/C9H12N6O3S/c1-10-8(16)7-3-6(4-15(7)2)19(17,18)14-9-11-5-12-13-9/h3-5H,1-2H3,(H,10,16)(H2,11,12,13,14). The number of aryl methyl sites for hydroxylation is 1. The Kier molecular flexibility index (Phi) is 3.25. The molecule has 0 atom stereocenters. The summed E-state index contributed by atoms with van der Waals surface area (Å²) in [5, 5.41) is 8.34. The monoisotopic (exact) mass is 284 g/mol. The van der Waals surface area contributed by atoms with E-state index in [1.54, 1.807) is 7.05 Å². The predicted molar refractivity (Wildman–Crippen MR) is 66.0 cm³/mol. The molecule has 19 heavy (non-hydrogen) atoms. The van der Waals surface area contributed by atoms with Crippen LogP contribution in [-0.2, 0) is 17.1 Å². The van der Waals surface area contributed by atoms with Crippen LogP contribution in [0, 0.1) is 0 Å². The molecule has 3 N–H and O–H groups in total. The lowest BCUT2D eigenvalue weighted by Crippen LogP contribution is -2.20. The van der Waals surface area contributed by atoms with Crippen molar-refractivity contribution in [3.63, 3.8) is 0 Å². The third-order valence-electron chi connectivity index (χ3n) is 2.40. The van der Waals surface area contributed by atoms with Crippen molar-refractivity contribution in [3.8, 4) is 0 Å². The van der Waals surface area contributed by atoms with Crippen molar-refractivity contribution in [2.24, 2.45) is 7.05 Å². The van der Waals surface area contributed by atoms with Gasteiger partial charge in [0.1, 0.15) is 16.9 Å². The Labute approximate surface area is 109 Å². The summed E-state index contributed by atoms with van der Waals surface area (Å²) in [6, 6.07) is 1.28. The highest BCUT2D eigenvalue weighted by molar-refractivity contribution is 7.92. The Morgan fingerprint density at radius 3 is 2.79 bits per heavy atom. The van der Waals surface area contributed by atoms with E-state index in [1.807, 2.05) is 0 Å². The number of carbonyl (C=O) groups excluding carboxylic acids is 1. The van der Waals surface area contributed by atoms with Crippen LogP contribution in [0.25, 0.3) is 0 Å². The average Bonchev–Trinajstić information content (AvgIpc) is 2.97. The van der Waals surface area contributed by atoms with Gasteiger partial charge in [0.05, 0.1) is 0 Å². The number of nitrogens with one attached hydrogen (secondary N) is 3. The summed E-state index contributed by atoms with van der Waals surface area (Å²) in [5.74, 6) is -0.367. The van der Waals surface area contributed by atoms with E-state index in [-0.39, 0.29) is 22.4 Å². The van der Waals surface area contributed by atoms with Gasteiger partial charge in [0.15, 0.2) is 0 Å². The highest BCUT2D eigenvalue weighted by atomic mass is 32.2. The molecule has 10 heteroatoms. The van der Waals surface area contributed by atoms with Gasteiger partial charge in [-0.15, -0.1) is 0 Å². The van der Waals surface area contributed by atoms with Gasteiger partial charge >= 0.3 is 0 Å². The molecule has 1 amide bonds. The number of carbonyl (C=O) groups is 1. The molecule has 0 saturated carbocycles. The van der Waals surface area contributed by atoms with E-state index in [0.29, 0.717) is 0 Å². The Bertz CT molecular complexity index is 688. The van der Waals surface area contributed by atoms with E-state index < -0.39 is 10.0 Å². The number of hydrogen-bond acceptors (Lipinski definition) is 5. The van der Waals surface area contributed by atoms with Gasteiger partial charge in [-0.2, -0.15) is 10.1 Å². The largest absolute Gasteiger partial charge is 0.354 e. The molecule has 0 radical (unpaired) electrons. The first-order valence-electron chi connectivity index (χ1n) is 5.20. The summed E-state index contributed by atoms with van der Waals surface area (Å²) in [5.41, 5.74) is 0.237. The zero-order valence-corrected chi connectivity index (χ0v) is 11.0. The number of anilines is 1. The maximum atomic E-state index is 12.0. The van der Waals surface area contributed by atoms with Crippen LogP contribution in [0.1, 0.15) is 10.5 Å². The lowest BCUT2D eigenvalue weighted by Gasteiger charge is -2.01. The molecule has 0 aliphatic rings. The molecule has 0 spiro atoms. The number of sulfonamides is 1. The first kappa shape index (κ1) is 13.1. The second kappa shape index (κ2) is 4.72. The molecule has 0 bridgehead atoms. The number of hydrogen-bond donors (Lipinski definition) is 3. The third-order valence-corrected chi connectivity index (χ3v) is 3.70. The normalized spacial score (nSPS) is 11.3. The van der Waals surface area contributed by atoms with Crippen molar-refractivity contribution < 1.29 is 13.2 Å². The Morgan fingerprint density at radius 2 is 2.21 bits per heavy atom. The summed E-state index contributed by atoms with van der Waals surface area (Å²) in [6.07, 6.45) is 2.52. The van der Waals surface area contributed by atoms with E-state index in [4.69, 9.17) is 0 Å². The number of nitrogens with zero attached hydrogens (tertiary/aromatic N) is 3. The van der Waals surface area contributed by atoms with E-state index >= 15 is 0 Å². The molecule has 0 aliphatic heterocycles. The molecule has 9 nitrogen and oxygen atoms in total. The second-order valence-electron chi connectivity index (χ2n) is 3.69. The van der Waals surface area contributed by atoms with Gasteiger partial charge in [0.2, 0.25) is 5.95 Å². The molecule has 0 aromatic carbocycles. The Hall–Kier alpha value is -2.36. The minimum atomic E-state index is -3.81. The van der Waals surface area contributed by atoms with Gasteiger partial charge in [0, 0.05) is 20.3 Å². The summed E-state index contributed by atoms with van der Waals surface area (Å²) in [4.78, 5) is 15.1. The van der Waals surface area contributed by atoms with Crippen molar-refractivity contribution >= 4 is 21.9 Å². The average molecular weight is 284 g/mol. The lowest BCUT2D eigenvalue weighted by atomic mass is 10.4. The molecule has 2 aromatic heterocycles. The van der Waals surface area contributed by atoms with Gasteiger partial charge < -0.3 is 9.88 Å². The molecule has 102 valence electrons. The Morgan fingerprint density at radius 1 is 1.47 bits per heavy atom. The molecule has 0 fully saturated rings. The van der Waals surface area contributed by atoms with E-state index in [9.17, 15) is 13.2 Å². The first-order valence-corrected chi connectivity index (χ1v) is 6.69. The SMILES string of the molecule is CNC(=O)c1cc(S(=O)(=O)Nc2ncn[nH]2)cn1C. The fourth-order valence-corrected chi connectivity index (χ4v) is 2.51. The highest BCUT2D eigenvalue weighted by Gasteiger charge is 2.20. The van der Waals surface area contributed by atoms with Crippen LogP contribution in [0.5, 0.6) is 0 Å². The van der Waals surface area contributed by atoms with Crippen LogP contribution in [0.15, 0.2) is 23.5 Å². The van der Waals surface area contributed by atoms with Crippen LogP contribution in [-0.4, -0.2) is 41.1 Å². The minimum Gasteiger partial charge on any atom is -0.354 e. The van der Waals surface area contributed by atoms with Crippen LogP contribution in [0.4, 0.5) is 5.95 Å². The van der Waals surface area contributed by atoms with Crippen molar-refractivity contribution in [2.75, 3.05) is 11.8 Å². The number of amides is 1. The van der Waals surface area contributed by atoms with Crippen molar-refractivity contribution in [2.45, 2.75) is 4.90 Å². The maximum absolute atomic E-state index is 12.0. The summed E-state index contributed by atoms with van der Waals surface area (Å²) < 4.78 is 27.7. The minimum absolute atomic E-state index is 0.00495. The second-order valence-corrected chi connectivity index (χ2v) is 5.37. The van der Waals surface area contributed by atoms with Gasteiger partial charge in [-0.05, 0) is 6.07 Å². The first-order chi connectivity index (χ1) is 8.94. The van der Waals surface area contributed by atoms with Crippen LogP contribution >= 0.6 is 0 Å². The number of aromatic amines is 1. The van der Waals surface area contributed by atoms with Gasteiger partial charge in [-0.1, -0.05) is 0 Å². The van der Waals surface area contributed by atoms with Crippen molar-refractivity contribution in [1.29, 1.82) is 0 Å².